The van der Waals surface area contributed by atoms with Gasteiger partial charge in [0.1, 0.15) is 5.75 Å². The van der Waals surface area contributed by atoms with E-state index in [1.807, 2.05) is 0 Å². The third-order valence-electron chi connectivity index (χ3n) is 2.89. The number of rotatable bonds is 6. The van der Waals surface area contributed by atoms with E-state index in [4.69, 9.17) is 10.5 Å². The van der Waals surface area contributed by atoms with Crippen LogP contribution in [0.25, 0.3) is 0 Å². The minimum absolute atomic E-state index is 0.0288. The summed E-state index contributed by atoms with van der Waals surface area (Å²) < 4.78 is 5.33. The van der Waals surface area contributed by atoms with Crippen molar-refractivity contribution in [3.63, 3.8) is 0 Å². The first-order valence-corrected chi connectivity index (χ1v) is 6.18. The van der Waals surface area contributed by atoms with E-state index in [0.717, 1.165) is 18.8 Å². The Morgan fingerprint density at radius 3 is 2.53 bits per heavy atom. The van der Waals surface area contributed by atoms with Crippen molar-refractivity contribution in [3.8, 4) is 5.75 Å². The van der Waals surface area contributed by atoms with E-state index in [2.05, 4.69) is 10.6 Å². The Labute approximate surface area is 111 Å². The van der Waals surface area contributed by atoms with Gasteiger partial charge < -0.3 is 21.1 Å². The van der Waals surface area contributed by atoms with Crippen molar-refractivity contribution in [1.82, 2.24) is 5.32 Å². The van der Waals surface area contributed by atoms with Crippen molar-refractivity contribution in [3.05, 3.63) is 24.3 Å². The molecule has 1 aromatic rings. The van der Waals surface area contributed by atoms with Gasteiger partial charge in [-0.25, -0.2) is 0 Å². The number of carbonyl (C=O) groups is 2. The summed E-state index contributed by atoms with van der Waals surface area (Å²) in [6, 6.07) is 7.03. The third-order valence-corrected chi connectivity index (χ3v) is 2.89. The molecule has 0 bridgehead atoms. The maximum absolute atomic E-state index is 11.7. The summed E-state index contributed by atoms with van der Waals surface area (Å²) in [5, 5.41) is 5.89. The van der Waals surface area contributed by atoms with E-state index in [1.165, 1.54) is 0 Å². The highest BCUT2D eigenvalue weighted by Crippen LogP contribution is 2.17. The molecular formula is C13H17N3O3. The molecule has 0 unspecified atom stereocenters. The van der Waals surface area contributed by atoms with Crippen LogP contribution >= 0.6 is 0 Å². The lowest BCUT2D eigenvalue weighted by molar-refractivity contribution is -0.121. The van der Waals surface area contributed by atoms with Crippen LogP contribution in [-0.4, -0.2) is 31.5 Å². The molecular weight excluding hydrogens is 246 g/mol. The van der Waals surface area contributed by atoms with Crippen LogP contribution in [0.3, 0.4) is 0 Å². The first kappa shape index (κ1) is 13.4. The van der Waals surface area contributed by atoms with Crippen LogP contribution in [0.4, 0.5) is 5.69 Å². The molecule has 0 aliphatic carbocycles. The molecule has 0 saturated carbocycles. The van der Waals surface area contributed by atoms with Gasteiger partial charge in [-0.05, 0) is 24.3 Å². The fourth-order valence-corrected chi connectivity index (χ4v) is 1.62. The van der Waals surface area contributed by atoms with Crippen LogP contribution in [-0.2, 0) is 9.59 Å². The lowest BCUT2D eigenvalue weighted by Crippen LogP contribution is -2.48. The number of ether oxygens (including phenoxy) is 1. The molecule has 6 heteroatoms. The average molecular weight is 263 g/mol. The summed E-state index contributed by atoms with van der Waals surface area (Å²) in [5.74, 6) is 0.343. The van der Waals surface area contributed by atoms with E-state index in [0.29, 0.717) is 5.75 Å². The summed E-state index contributed by atoms with van der Waals surface area (Å²) in [6.07, 6.45) is 0.188. The molecule has 2 rings (SSSR count). The molecule has 1 heterocycles. The van der Waals surface area contributed by atoms with Gasteiger partial charge in [-0.2, -0.15) is 0 Å². The second kappa shape index (κ2) is 6.19. The Bertz CT molecular complexity index is 455. The summed E-state index contributed by atoms with van der Waals surface area (Å²) >= 11 is 0. The molecule has 1 aliphatic rings. The number of hydrogen-bond acceptors (Lipinski definition) is 4. The number of amides is 2. The normalized spacial score (nSPS) is 14.5. The molecule has 1 aliphatic heterocycles. The Morgan fingerprint density at radius 2 is 2.00 bits per heavy atom. The molecule has 1 saturated heterocycles. The number of primary amides is 1. The number of nitrogens with two attached hydrogens (primary N) is 1. The fraction of sp³-hybridized carbons (Fsp3) is 0.385. The van der Waals surface area contributed by atoms with Crippen LogP contribution < -0.4 is 21.1 Å². The van der Waals surface area contributed by atoms with E-state index < -0.39 is 5.91 Å². The van der Waals surface area contributed by atoms with Gasteiger partial charge in [-0.1, -0.05) is 0 Å². The number of nitrogens with one attached hydrogen (secondary N) is 2. The maximum atomic E-state index is 11.7. The summed E-state index contributed by atoms with van der Waals surface area (Å²) in [7, 11) is 0. The van der Waals surface area contributed by atoms with Gasteiger partial charge in [0.05, 0.1) is 18.9 Å². The molecule has 102 valence electrons. The van der Waals surface area contributed by atoms with Crippen molar-refractivity contribution in [2.75, 3.05) is 25.0 Å². The van der Waals surface area contributed by atoms with Crippen LogP contribution in [0.5, 0.6) is 5.75 Å². The van der Waals surface area contributed by atoms with Gasteiger partial charge in [0.2, 0.25) is 11.8 Å². The number of anilines is 1. The van der Waals surface area contributed by atoms with E-state index in [1.54, 1.807) is 24.3 Å². The predicted octanol–water partition coefficient (Wildman–Crippen LogP) is 0.0987. The van der Waals surface area contributed by atoms with Gasteiger partial charge >= 0.3 is 0 Å². The van der Waals surface area contributed by atoms with Crippen LogP contribution in [0, 0.1) is 5.92 Å². The highest BCUT2D eigenvalue weighted by molar-refractivity contribution is 5.93. The Hall–Kier alpha value is -2.08. The highest BCUT2D eigenvalue weighted by Gasteiger charge is 2.24. The van der Waals surface area contributed by atoms with Gasteiger partial charge in [0.15, 0.2) is 0 Å². The van der Waals surface area contributed by atoms with Crippen molar-refractivity contribution in [2.45, 2.75) is 6.42 Å². The second-order valence-electron chi connectivity index (χ2n) is 4.43. The van der Waals surface area contributed by atoms with Gasteiger partial charge in [0, 0.05) is 18.8 Å². The minimum atomic E-state index is -0.391. The third kappa shape index (κ3) is 3.96. The first-order valence-electron chi connectivity index (χ1n) is 6.18. The van der Waals surface area contributed by atoms with Crippen molar-refractivity contribution in [1.29, 1.82) is 0 Å². The molecule has 6 nitrogen and oxygen atoms in total. The number of carbonyl (C=O) groups excluding carboxylic acids is 2. The molecule has 0 spiro atoms. The number of benzene rings is 1. The van der Waals surface area contributed by atoms with Crippen molar-refractivity contribution in [2.24, 2.45) is 11.7 Å². The molecule has 1 fully saturated rings. The van der Waals surface area contributed by atoms with Gasteiger partial charge in [-0.15, -0.1) is 0 Å². The van der Waals surface area contributed by atoms with Crippen molar-refractivity contribution < 1.29 is 14.3 Å². The quantitative estimate of drug-likeness (QED) is 0.678. The van der Waals surface area contributed by atoms with E-state index >= 15 is 0 Å². The van der Waals surface area contributed by atoms with Crippen molar-refractivity contribution >= 4 is 17.5 Å². The van der Waals surface area contributed by atoms with E-state index in [-0.39, 0.29) is 24.9 Å². The van der Waals surface area contributed by atoms with Gasteiger partial charge in [0.25, 0.3) is 0 Å². The van der Waals surface area contributed by atoms with Crippen LogP contribution in [0.1, 0.15) is 6.42 Å². The summed E-state index contributed by atoms with van der Waals surface area (Å²) in [6.45, 7) is 1.73. The molecule has 4 N–H and O–H groups in total. The molecule has 19 heavy (non-hydrogen) atoms. The fourth-order valence-electron chi connectivity index (χ4n) is 1.62. The highest BCUT2D eigenvalue weighted by atomic mass is 16.5. The Morgan fingerprint density at radius 1 is 1.32 bits per heavy atom. The minimum Gasteiger partial charge on any atom is -0.493 e. The zero-order valence-electron chi connectivity index (χ0n) is 10.5. The zero-order chi connectivity index (χ0) is 13.7. The smallest absolute Gasteiger partial charge is 0.230 e. The second-order valence-corrected chi connectivity index (χ2v) is 4.43. The number of hydrogen-bond donors (Lipinski definition) is 3. The van der Waals surface area contributed by atoms with Gasteiger partial charge in [-0.3, -0.25) is 9.59 Å². The molecule has 0 aromatic heterocycles. The Balaban J connectivity index is 1.80. The van der Waals surface area contributed by atoms with Crippen LogP contribution in [0.15, 0.2) is 24.3 Å². The largest absolute Gasteiger partial charge is 0.493 e. The molecule has 0 atom stereocenters. The SMILES string of the molecule is NC(=O)CCOc1ccc(NC(=O)C2CNC2)cc1. The summed E-state index contributed by atoms with van der Waals surface area (Å²) in [4.78, 5) is 22.2. The average Bonchev–Trinajstić information content (AvgIpc) is 2.28. The molecule has 2 amide bonds. The Kier molecular flexibility index (Phi) is 4.35. The van der Waals surface area contributed by atoms with Crippen LogP contribution in [0.2, 0.25) is 0 Å². The maximum Gasteiger partial charge on any atom is 0.230 e. The molecule has 0 radical (unpaired) electrons. The predicted molar refractivity (Wildman–Crippen MR) is 70.7 cm³/mol. The summed E-state index contributed by atoms with van der Waals surface area (Å²) in [5.41, 5.74) is 5.75. The molecule has 1 aromatic carbocycles. The monoisotopic (exact) mass is 263 g/mol. The van der Waals surface area contributed by atoms with E-state index in [9.17, 15) is 9.59 Å². The zero-order valence-corrected chi connectivity index (χ0v) is 10.5. The lowest BCUT2D eigenvalue weighted by Gasteiger charge is -2.25. The lowest BCUT2D eigenvalue weighted by atomic mass is 10.0. The topological polar surface area (TPSA) is 93.5 Å². The standard InChI is InChI=1S/C13H17N3O3/c14-12(17)5-6-19-11-3-1-10(2-4-11)16-13(18)9-7-15-8-9/h1-4,9,15H,5-8H2,(H2,14,17)(H,16,18). The first-order chi connectivity index (χ1) is 9.15.